The molecule has 3 saturated heterocycles. The molecular formula is C38H50ClFN6O2. The van der Waals surface area contributed by atoms with E-state index in [0.29, 0.717) is 52.0 Å². The van der Waals surface area contributed by atoms with Crippen LogP contribution < -0.4 is 0 Å². The van der Waals surface area contributed by atoms with Crippen molar-refractivity contribution in [1.82, 2.24) is 29.2 Å². The number of carbonyl (C=O) groups is 2. The topological polar surface area (TPSA) is 64.9 Å². The monoisotopic (exact) mass is 676 g/mol. The average Bonchev–Trinajstić information content (AvgIpc) is 3.68. The zero-order valence-electron chi connectivity index (χ0n) is 29.2. The van der Waals surface area contributed by atoms with E-state index >= 15 is 0 Å². The molecule has 3 atom stereocenters. The van der Waals surface area contributed by atoms with E-state index < -0.39 is 5.82 Å². The van der Waals surface area contributed by atoms with E-state index in [-0.39, 0.29) is 17.9 Å². The van der Waals surface area contributed by atoms with Crippen LogP contribution in [0.25, 0.3) is 16.6 Å². The van der Waals surface area contributed by atoms with Crippen LogP contribution in [-0.2, 0) is 11.2 Å². The average molecular weight is 677 g/mol. The summed E-state index contributed by atoms with van der Waals surface area (Å²) in [5.74, 6) is 2.69. The molecule has 1 saturated carbocycles. The second kappa shape index (κ2) is 13.0. The molecule has 4 fully saturated rings. The lowest BCUT2D eigenvalue weighted by Crippen LogP contribution is -2.60. The number of amides is 2. The number of halogens is 2. The zero-order valence-corrected chi connectivity index (χ0v) is 30.0. The highest BCUT2D eigenvalue weighted by molar-refractivity contribution is 6.35. The number of aromatic nitrogens is 2. The lowest BCUT2D eigenvalue weighted by Gasteiger charge is -2.54. The van der Waals surface area contributed by atoms with Crippen LogP contribution in [0.1, 0.15) is 63.4 Å². The lowest BCUT2D eigenvalue weighted by molar-refractivity contribution is -0.128. The number of hydrogen-bond donors (Lipinski definition) is 0. The number of fused-ring (bicyclic) bond motifs is 2. The third kappa shape index (κ3) is 6.04. The van der Waals surface area contributed by atoms with Crippen LogP contribution in [0, 0.1) is 35.4 Å². The molecule has 3 aliphatic heterocycles. The van der Waals surface area contributed by atoms with Gasteiger partial charge in [0.25, 0.3) is 5.91 Å². The smallest absolute Gasteiger partial charge is 0.256 e. The van der Waals surface area contributed by atoms with Crippen LogP contribution in [0.3, 0.4) is 0 Å². The van der Waals surface area contributed by atoms with Crippen molar-refractivity contribution >= 4 is 34.3 Å². The maximum atomic E-state index is 14.5. The standard InChI is InChI=1S/C38H50ClFN6O2/c1-22(2)37(26-10-31(11-26)44-19-28-17-43(24(5)47)18-29(28)20-44)45-15-25(16-45)9-27-21-46(35-14-41-13-33(39)36(27)35)34-8-7-30(40)12-32(34)38(48)42(6)23(3)4/h7-8,12-14,21-23,25-26,28-29,31,37H,9-11,15-20H2,1-6H3/t26-,28-,29-,31-,37?/m1/s1. The summed E-state index contributed by atoms with van der Waals surface area (Å²) in [6, 6.07) is 5.67. The van der Waals surface area contributed by atoms with E-state index in [1.807, 2.05) is 23.3 Å². The van der Waals surface area contributed by atoms with Crippen molar-refractivity contribution in [2.24, 2.45) is 29.6 Å². The summed E-state index contributed by atoms with van der Waals surface area (Å²) in [7, 11) is 1.75. The van der Waals surface area contributed by atoms with Gasteiger partial charge >= 0.3 is 0 Å². The Morgan fingerprint density at radius 1 is 1.02 bits per heavy atom. The van der Waals surface area contributed by atoms with Crippen LogP contribution in [0.2, 0.25) is 5.02 Å². The van der Waals surface area contributed by atoms with E-state index in [1.54, 1.807) is 37.3 Å². The number of pyridine rings is 1. The minimum atomic E-state index is -0.442. The largest absolute Gasteiger partial charge is 0.342 e. The summed E-state index contributed by atoms with van der Waals surface area (Å²) >= 11 is 6.79. The van der Waals surface area contributed by atoms with Gasteiger partial charge in [-0.1, -0.05) is 25.4 Å². The number of hydrogen-bond acceptors (Lipinski definition) is 5. The molecule has 0 N–H and O–H groups in total. The van der Waals surface area contributed by atoms with Crippen molar-refractivity contribution in [3.63, 3.8) is 0 Å². The van der Waals surface area contributed by atoms with Gasteiger partial charge in [0.2, 0.25) is 5.91 Å². The minimum Gasteiger partial charge on any atom is -0.342 e. The van der Waals surface area contributed by atoms with Gasteiger partial charge in [-0.25, -0.2) is 4.39 Å². The van der Waals surface area contributed by atoms with Gasteiger partial charge in [-0.2, -0.15) is 0 Å². The van der Waals surface area contributed by atoms with E-state index in [4.69, 9.17) is 11.6 Å². The van der Waals surface area contributed by atoms with Crippen LogP contribution in [0.15, 0.2) is 36.8 Å². The summed E-state index contributed by atoms with van der Waals surface area (Å²) in [6.07, 6.45) is 8.99. The van der Waals surface area contributed by atoms with Gasteiger partial charge in [-0.3, -0.25) is 24.4 Å². The van der Waals surface area contributed by atoms with Crippen molar-refractivity contribution in [2.45, 2.75) is 72.0 Å². The molecule has 10 heteroatoms. The summed E-state index contributed by atoms with van der Waals surface area (Å²) < 4.78 is 16.5. The van der Waals surface area contributed by atoms with Crippen molar-refractivity contribution in [2.75, 3.05) is 46.3 Å². The van der Waals surface area contributed by atoms with Crippen LogP contribution in [0.5, 0.6) is 0 Å². The van der Waals surface area contributed by atoms with Gasteiger partial charge in [0.1, 0.15) is 5.82 Å². The highest BCUT2D eigenvalue weighted by Gasteiger charge is 2.49. The Hall–Kier alpha value is -3.01. The predicted octanol–water partition coefficient (Wildman–Crippen LogP) is 5.99. The first-order valence-electron chi connectivity index (χ1n) is 17.8. The molecule has 7 rings (SSSR count). The van der Waals surface area contributed by atoms with E-state index in [2.05, 4.69) is 34.8 Å². The zero-order chi connectivity index (χ0) is 34.0. The highest BCUT2D eigenvalue weighted by atomic mass is 35.5. The van der Waals surface area contributed by atoms with E-state index in [0.717, 1.165) is 68.1 Å². The van der Waals surface area contributed by atoms with Gasteiger partial charge in [-0.15, -0.1) is 0 Å². The molecule has 48 heavy (non-hydrogen) atoms. The molecule has 4 aliphatic rings. The van der Waals surface area contributed by atoms with Crippen LogP contribution >= 0.6 is 11.6 Å². The normalized spacial score (nSPS) is 25.5. The first-order chi connectivity index (χ1) is 22.9. The molecule has 3 aromatic rings. The maximum Gasteiger partial charge on any atom is 0.256 e. The Morgan fingerprint density at radius 3 is 2.33 bits per heavy atom. The molecule has 1 unspecified atom stereocenters. The molecule has 2 aromatic heterocycles. The molecular weight excluding hydrogens is 627 g/mol. The fourth-order valence-corrected chi connectivity index (χ4v) is 9.51. The molecule has 8 nitrogen and oxygen atoms in total. The van der Waals surface area contributed by atoms with Gasteiger partial charge in [0.05, 0.1) is 28.0 Å². The van der Waals surface area contributed by atoms with Crippen molar-refractivity contribution < 1.29 is 14.0 Å². The van der Waals surface area contributed by atoms with Crippen molar-refractivity contribution in [3.8, 4) is 5.69 Å². The SMILES string of the molecule is CC(=O)N1C[C@@H]2CN([C@H]3C[C@H](C(C(C)C)N4CC(Cc5cn(-c6ccc(F)cc6C(=O)N(C)C(C)C)c6cncc(Cl)c56)C4)C3)C[C@H]2C1. The van der Waals surface area contributed by atoms with Gasteiger partial charge in [0, 0.05) is 89.1 Å². The Morgan fingerprint density at radius 2 is 1.71 bits per heavy atom. The molecule has 0 bridgehead atoms. The van der Waals surface area contributed by atoms with E-state index in [1.165, 1.54) is 25.0 Å². The van der Waals surface area contributed by atoms with Crippen molar-refractivity contribution in [3.05, 3.63) is 58.8 Å². The summed E-state index contributed by atoms with van der Waals surface area (Å²) in [5, 5.41) is 1.54. The van der Waals surface area contributed by atoms with Crippen LogP contribution in [0.4, 0.5) is 4.39 Å². The number of nitrogens with zero attached hydrogens (tertiary/aromatic N) is 6. The molecule has 2 amide bonds. The predicted molar refractivity (Wildman–Crippen MR) is 188 cm³/mol. The Balaban J connectivity index is 1.03. The Bertz CT molecular complexity index is 1680. The first kappa shape index (κ1) is 33.5. The third-order valence-corrected chi connectivity index (χ3v) is 12.3. The quantitative estimate of drug-likeness (QED) is 0.279. The third-order valence-electron chi connectivity index (χ3n) is 12.0. The highest BCUT2D eigenvalue weighted by Crippen LogP contribution is 2.44. The lowest BCUT2D eigenvalue weighted by atomic mass is 9.70. The van der Waals surface area contributed by atoms with Gasteiger partial charge in [0.15, 0.2) is 0 Å². The number of rotatable bonds is 9. The molecule has 258 valence electrons. The number of carbonyl (C=O) groups excluding carboxylic acids is 2. The van der Waals surface area contributed by atoms with Crippen LogP contribution in [-0.4, -0.2) is 105 Å². The molecule has 5 heterocycles. The second-order valence-corrected chi connectivity index (χ2v) is 16.2. The molecule has 1 aliphatic carbocycles. The summed E-state index contributed by atoms with van der Waals surface area (Å²) in [6.45, 7) is 16.7. The minimum absolute atomic E-state index is 0.0243. The Labute approximate surface area is 289 Å². The van der Waals surface area contributed by atoms with Crippen molar-refractivity contribution in [1.29, 1.82) is 0 Å². The summed E-state index contributed by atoms with van der Waals surface area (Å²) in [4.78, 5) is 38.8. The fraction of sp³-hybridized carbons (Fsp3) is 0.605. The molecule has 1 aromatic carbocycles. The molecule has 0 radical (unpaired) electrons. The molecule has 0 spiro atoms. The van der Waals surface area contributed by atoms with Gasteiger partial charge in [-0.05, 0) is 86.5 Å². The summed E-state index contributed by atoms with van der Waals surface area (Å²) in [5.41, 5.74) is 2.90. The maximum absolute atomic E-state index is 14.5. The first-order valence-corrected chi connectivity index (χ1v) is 18.2. The van der Waals surface area contributed by atoms with Gasteiger partial charge < -0.3 is 14.4 Å². The number of benzene rings is 1. The Kier molecular flexibility index (Phi) is 9.09. The second-order valence-electron chi connectivity index (χ2n) is 15.8. The fourth-order valence-electron chi connectivity index (χ4n) is 9.23. The van der Waals surface area contributed by atoms with E-state index in [9.17, 15) is 14.0 Å². The number of likely N-dealkylation sites (tertiary alicyclic amines) is 3.